The SMILES string of the molecule is C/C=C(/CC)N=C1C2CCN(c3ncnc4c3[C@H](C)CC(C)(O)N4)CC2N1CCNC(C)C. The molecule has 33 heavy (non-hydrogen) atoms. The molecule has 0 saturated carbocycles. The lowest BCUT2D eigenvalue weighted by Gasteiger charge is -2.56. The maximum atomic E-state index is 10.6. The number of aromatic nitrogens is 2. The van der Waals surface area contributed by atoms with Gasteiger partial charge in [0.05, 0.1) is 6.04 Å². The lowest BCUT2D eigenvalue weighted by atomic mass is 9.80. The molecule has 2 saturated heterocycles. The predicted octanol–water partition coefficient (Wildman–Crippen LogP) is 3.33. The van der Waals surface area contributed by atoms with Crippen LogP contribution < -0.4 is 15.5 Å². The third-order valence-electron chi connectivity index (χ3n) is 7.21. The summed E-state index contributed by atoms with van der Waals surface area (Å²) in [6.45, 7) is 16.4. The Morgan fingerprint density at radius 3 is 2.91 bits per heavy atom. The molecule has 1 aromatic rings. The summed E-state index contributed by atoms with van der Waals surface area (Å²) in [6.07, 6.45) is 6.45. The molecular formula is C25H41N7O. The van der Waals surface area contributed by atoms with Crippen LogP contribution in [0.4, 0.5) is 11.6 Å². The van der Waals surface area contributed by atoms with Crippen LogP contribution in [-0.4, -0.2) is 69.8 Å². The third-order valence-corrected chi connectivity index (χ3v) is 7.21. The normalized spacial score (nSPS) is 30.7. The van der Waals surface area contributed by atoms with Gasteiger partial charge in [-0.3, -0.25) is 0 Å². The number of hydrogen-bond acceptors (Lipinski definition) is 7. The van der Waals surface area contributed by atoms with E-state index in [2.05, 4.69) is 66.1 Å². The van der Waals surface area contributed by atoms with Gasteiger partial charge in [-0.2, -0.15) is 0 Å². The second-order valence-electron chi connectivity index (χ2n) is 10.3. The smallest absolute Gasteiger partial charge is 0.137 e. The van der Waals surface area contributed by atoms with Crippen LogP contribution in [0, 0.1) is 5.92 Å². The molecule has 8 nitrogen and oxygen atoms in total. The predicted molar refractivity (Wildman–Crippen MR) is 135 cm³/mol. The maximum absolute atomic E-state index is 10.6. The number of fused-ring (bicyclic) bond motifs is 2. The molecule has 4 atom stereocenters. The highest BCUT2D eigenvalue weighted by Gasteiger charge is 2.48. The van der Waals surface area contributed by atoms with Crippen molar-refractivity contribution in [3.05, 3.63) is 23.7 Å². The summed E-state index contributed by atoms with van der Waals surface area (Å²) in [5, 5.41) is 17.3. The number of piperidine rings is 1. The number of likely N-dealkylation sites (tertiary alicyclic amines) is 1. The summed E-state index contributed by atoms with van der Waals surface area (Å²) in [5.74, 6) is 3.74. The van der Waals surface area contributed by atoms with E-state index in [0.717, 1.165) is 56.2 Å². The van der Waals surface area contributed by atoms with Crippen LogP contribution in [0.15, 0.2) is 23.1 Å². The van der Waals surface area contributed by atoms with Crippen molar-refractivity contribution < 1.29 is 5.11 Å². The van der Waals surface area contributed by atoms with Crippen LogP contribution in [0.2, 0.25) is 0 Å². The minimum atomic E-state index is -0.936. The molecule has 0 aromatic carbocycles. The molecule has 0 aliphatic carbocycles. The van der Waals surface area contributed by atoms with Crippen molar-refractivity contribution in [1.29, 1.82) is 0 Å². The zero-order valence-corrected chi connectivity index (χ0v) is 21.1. The minimum absolute atomic E-state index is 0.192. The van der Waals surface area contributed by atoms with Crippen molar-refractivity contribution in [1.82, 2.24) is 20.2 Å². The number of nitrogens with zero attached hydrogens (tertiary/aromatic N) is 5. The van der Waals surface area contributed by atoms with Gasteiger partial charge in [0.25, 0.3) is 0 Å². The summed E-state index contributed by atoms with van der Waals surface area (Å²) >= 11 is 0. The average molecular weight is 456 g/mol. The van der Waals surface area contributed by atoms with Crippen LogP contribution in [0.5, 0.6) is 0 Å². The van der Waals surface area contributed by atoms with E-state index in [9.17, 15) is 5.11 Å². The van der Waals surface area contributed by atoms with Gasteiger partial charge in [0.2, 0.25) is 0 Å². The Labute approximate surface area is 198 Å². The molecule has 4 heterocycles. The quantitative estimate of drug-likeness (QED) is 0.581. The lowest BCUT2D eigenvalue weighted by Crippen LogP contribution is -2.68. The lowest BCUT2D eigenvalue weighted by molar-refractivity contribution is 0.0688. The zero-order chi connectivity index (χ0) is 23.8. The van der Waals surface area contributed by atoms with Gasteiger partial charge in [0, 0.05) is 55.8 Å². The van der Waals surface area contributed by atoms with Gasteiger partial charge in [-0.25, -0.2) is 15.0 Å². The number of rotatable bonds is 7. The number of anilines is 2. The summed E-state index contributed by atoms with van der Waals surface area (Å²) in [5.41, 5.74) is 1.37. The first kappa shape index (κ1) is 24.0. The summed E-state index contributed by atoms with van der Waals surface area (Å²) in [4.78, 5) is 19.2. The molecule has 4 rings (SSSR count). The van der Waals surface area contributed by atoms with E-state index < -0.39 is 5.72 Å². The molecule has 0 radical (unpaired) electrons. The van der Waals surface area contributed by atoms with E-state index in [1.165, 1.54) is 11.5 Å². The van der Waals surface area contributed by atoms with Crippen molar-refractivity contribution in [2.75, 3.05) is 36.4 Å². The van der Waals surface area contributed by atoms with Gasteiger partial charge in [-0.1, -0.05) is 33.8 Å². The fraction of sp³-hybridized carbons (Fsp3) is 0.720. The zero-order valence-electron chi connectivity index (χ0n) is 21.1. The summed E-state index contributed by atoms with van der Waals surface area (Å²) < 4.78 is 0. The molecule has 8 heteroatoms. The summed E-state index contributed by atoms with van der Waals surface area (Å²) in [6, 6.07) is 0.924. The highest BCUT2D eigenvalue weighted by atomic mass is 16.3. The number of aliphatic imine (C=N–C) groups is 1. The number of amidine groups is 1. The first-order valence-corrected chi connectivity index (χ1v) is 12.6. The van der Waals surface area contributed by atoms with Crippen molar-refractivity contribution in [2.45, 2.75) is 84.5 Å². The Morgan fingerprint density at radius 1 is 1.42 bits per heavy atom. The number of hydrogen-bond donors (Lipinski definition) is 3. The number of aliphatic hydroxyl groups is 1. The average Bonchev–Trinajstić information content (AvgIpc) is 2.76. The molecule has 3 aliphatic rings. The van der Waals surface area contributed by atoms with E-state index in [0.29, 0.717) is 24.4 Å². The van der Waals surface area contributed by atoms with Gasteiger partial charge < -0.3 is 25.5 Å². The number of allylic oxidation sites excluding steroid dienone is 2. The van der Waals surface area contributed by atoms with E-state index >= 15 is 0 Å². The summed E-state index contributed by atoms with van der Waals surface area (Å²) in [7, 11) is 0. The molecule has 0 amide bonds. The van der Waals surface area contributed by atoms with Gasteiger partial charge in [-0.05, 0) is 32.6 Å². The monoisotopic (exact) mass is 455 g/mol. The fourth-order valence-electron chi connectivity index (χ4n) is 5.63. The molecule has 0 bridgehead atoms. The molecule has 0 spiro atoms. The second-order valence-corrected chi connectivity index (χ2v) is 10.3. The molecular weight excluding hydrogens is 414 g/mol. The van der Waals surface area contributed by atoms with Gasteiger partial charge in [0.15, 0.2) is 0 Å². The van der Waals surface area contributed by atoms with E-state index in [1.807, 2.05) is 6.92 Å². The molecule has 182 valence electrons. The molecule has 3 N–H and O–H groups in total. The van der Waals surface area contributed by atoms with Crippen LogP contribution in [0.1, 0.15) is 72.3 Å². The topological polar surface area (TPSA) is 88.9 Å². The number of nitrogens with one attached hydrogen (secondary N) is 2. The Hall–Kier alpha value is -2.19. The van der Waals surface area contributed by atoms with Crippen molar-refractivity contribution in [2.24, 2.45) is 10.9 Å². The minimum Gasteiger partial charge on any atom is -0.371 e. The van der Waals surface area contributed by atoms with Gasteiger partial charge in [0.1, 0.15) is 29.5 Å². The van der Waals surface area contributed by atoms with Crippen LogP contribution in [0.3, 0.4) is 0 Å². The van der Waals surface area contributed by atoms with Crippen LogP contribution in [0.25, 0.3) is 0 Å². The molecule has 2 fully saturated rings. The molecule has 3 aliphatic heterocycles. The fourth-order valence-corrected chi connectivity index (χ4v) is 5.63. The van der Waals surface area contributed by atoms with Gasteiger partial charge in [-0.15, -0.1) is 0 Å². The van der Waals surface area contributed by atoms with Crippen LogP contribution in [-0.2, 0) is 0 Å². The second kappa shape index (κ2) is 9.58. The Balaban J connectivity index is 1.56. The highest BCUT2D eigenvalue weighted by Crippen LogP contribution is 2.43. The maximum Gasteiger partial charge on any atom is 0.137 e. The van der Waals surface area contributed by atoms with E-state index in [1.54, 1.807) is 6.33 Å². The van der Waals surface area contributed by atoms with E-state index in [4.69, 9.17) is 9.98 Å². The molecule has 1 aromatic heterocycles. The first-order valence-electron chi connectivity index (χ1n) is 12.6. The Bertz CT molecular complexity index is 910. The molecule has 3 unspecified atom stereocenters. The van der Waals surface area contributed by atoms with Crippen molar-refractivity contribution in [3.8, 4) is 0 Å². The Morgan fingerprint density at radius 2 is 2.21 bits per heavy atom. The largest absolute Gasteiger partial charge is 0.371 e. The highest BCUT2D eigenvalue weighted by molar-refractivity contribution is 5.92. The Kier molecular flexibility index (Phi) is 6.96. The van der Waals surface area contributed by atoms with Crippen molar-refractivity contribution in [3.63, 3.8) is 0 Å². The van der Waals surface area contributed by atoms with Gasteiger partial charge >= 0.3 is 0 Å². The third kappa shape index (κ3) is 4.87. The first-order chi connectivity index (χ1) is 15.7. The standard InChI is InChI=1S/C25H41N7O/c1-7-18(8-2)29-23-19-9-11-31(14-20(19)32(23)12-10-26-16(3)4)24-21-17(5)13-25(6,33)30-22(21)27-15-28-24/h7,15-17,19-20,26,33H,8-14H2,1-6H3,(H,27,28,30)/b18-7-,29-23?/t17-,19?,20?,25?/m1/s1. The van der Waals surface area contributed by atoms with Crippen LogP contribution >= 0.6 is 0 Å². The van der Waals surface area contributed by atoms with Crippen molar-refractivity contribution >= 4 is 17.5 Å². The van der Waals surface area contributed by atoms with E-state index in [-0.39, 0.29) is 5.92 Å².